The second kappa shape index (κ2) is 4.46. The van der Waals surface area contributed by atoms with Crippen molar-refractivity contribution in [3.63, 3.8) is 0 Å². The molecule has 6 nitrogen and oxygen atoms in total. The first kappa shape index (κ1) is 11.2. The lowest BCUT2D eigenvalue weighted by Crippen LogP contribution is -1.88. The van der Waals surface area contributed by atoms with Gasteiger partial charge in [-0.25, -0.2) is 0 Å². The van der Waals surface area contributed by atoms with Crippen LogP contribution in [0.3, 0.4) is 0 Å². The van der Waals surface area contributed by atoms with Gasteiger partial charge in [0, 0.05) is 0 Å². The molecule has 4 aromatic rings. The smallest absolute Gasteiger partial charge is 0.235 e. The zero-order valence-corrected chi connectivity index (χ0v) is 10.9. The fourth-order valence-electron chi connectivity index (χ4n) is 1.80. The first-order valence-corrected chi connectivity index (χ1v) is 6.69. The van der Waals surface area contributed by atoms with E-state index in [1.165, 1.54) is 11.3 Å². The van der Waals surface area contributed by atoms with E-state index in [0.29, 0.717) is 11.6 Å². The van der Waals surface area contributed by atoms with Gasteiger partial charge in [0.05, 0.1) is 12.5 Å². The molecule has 0 radical (unpaired) electrons. The van der Waals surface area contributed by atoms with Gasteiger partial charge in [0.2, 0.25) is 10.8 Å². The molecule has 0 aliphatic carbocycles. The number of rotatable bonds is 3. The van der Waals surface area contributed by atoms with Gasteiger partial charge in [0.25, 0.3) is 0 Å². The lowest BCUT2D eigenvalue weighted by atomic mass is 10.4. The molecule has 0 saturated heterocycles. The van der Waals surface area contributed by atoms with Gasteiger partial charge in [0.15, 0.2) is 5.76 Å². The first-order chi connectivity index (χ1) is 9.90. The molecule has 0 amide bonds. The van der Waals surface area contributed by atoms with Crippen molar-refractivity contribution in [3.05, 3.63) is 47.6 Å². The Bertz CT molecular complexity index is 856. The van der Waals surface area contributed by atoms with Crippen LogP contribution >= 0.6 is 11.3 Å². The maximum absolute atomic E-state index is 5.32. The minimum absolute atomic E-state index is 0.596. The van der Waals surface area contributed by atoms with E-state index in [4.69, 9.17) is 8.83 Å². The van der Waals surface area contributed by atoms with Crippen molar-refractivity contribution in [2.75, 3.05) is 0 Å². The Kier molecular flexibility index (Phi) is 2.49. The topological polar surface area (TPSA) is 69.4 Å². The third kappa shape index (κ3) is 1.84. The predicted molar refractivity (Wildman–Crippen MR) is 74.0 cm³/mol. The minimum atomic E-state index is 0.596. The summed E-state index contributed by atoms with van der Waals surface area (Å²) in [7, 11) is 0. The molecule has 0 unspecified atom stereocenters. The van der Waals surface area contributed by atoms with Crippen LogP contribution in [0.2, 0.25) is 0 Å². The van der Waals surface area contributed by atoms with Gasteiger partial charge in [-0.1, -0.05) is 11.3 Å². The second-order valence-corrected chi connectivity index (χ2v) is 4.97. The molecule has 0 spiro atoms. The summed E-state index contributed by atoms with van der Waals surface area (Å²) in [6.07, 6.45) is 6.97. The largest absolute Gasteiger partial charge is 0.465 e. The molecule has 98 valence electrons. The zero-order chi connectivity index (χ0) is 13.4. The van der Waals surface area contributed by atoms with Crippen molar-refractivity contribution in [2.24, 2.45) is 0 Å². The van der Waals surface area contributed by atoms with E-state index in [0.717, 1.165) is 15.7 Å². The van der Waals surface area contributed by atoms with Crippen LogP contribution in [0.5, 0.6) is 0 Å². The summed E-state index contributed by atoms with van der Waals surface area (Å²) in [5.74, 6) is 2.02. The molecule has 0 saturated carbocycles. The molecule has 0 bridgehead atoms. The lowest BCUT2D eigenvalue weighted by molar-refractivity contribution is 0.557. The minimum Gasteiger partial charge on any atom is -0.465 e. The van der Waals surface area contributed by atoms with Crippen LogP contribution in [0.1, 0.15) is 10.8 Å². The molecule has 4 rings (SSSR count). The highest BCUT2D eigenvalue weighted by Gasteiger charge is 2.14. The van der Waals surface area contributed by atoms with E-state index in [9.17, 15) is 0 Å². The van der Waals surface area contributed by atoms with Gasteiger partial charge in [-0.2, -0.15) is 9.61 Å². The Morgan fingerprint density at radius 3 is 2.75 bits per heavy atom. The van der Waals surface area contributed by atoms with Crippen LogP contribution in [0, 0.1) is 0 Å². The highest BCUT2D eigenvalue weighted by Crippen LogP contribution is 2.22. The van der Waals surface area contributed by atoms with Crippen LogP contribution in [0.4, 0.5) is 0 Å². The van der Waals surface area contributed by atoms with Crippen molar-refractivity contribution in [1.82, 2.24) is 19.8 Å². The summed E-state index contributed by atoms with van der Waals surface area (Å²) in [6, 6.07) is 7.35. The number of fused-ring (bicyclic) bond motifs is 1. The Morgan fingerprint density at radius 2 is 1.95 bits per heavy atom. The van der Waals surface area contributed by atoms with Gasteiger partial charge in [-0.3, -0.25) is 0 Å². The summed E-state index contributed by atoms with van der Waals surface area (Å²) in [6.45, 7) is 0. The van der Waals surface area contributed by atoms with Gasteiger partial charge in [-0.05, 0) is 36.4 Å². The summed E-state index contributed by atoms with van der Waals surface area (Å²) in [4.78, 5) is 0.718. The fraction of sp³-hybridized carbons (Fsp3) is 0. The normalized spacial score (nSPS) is 11.8. The van der Waals surface area contributed by atoms with Crippen molar-refractivity contribution < 1.29 is 8.83 Å². The third-order valence-corrected chi connectivity index (χ3v) is 3.55. The number of nitrogens with zero attached hydrogens (tertiary/aromatic N) is 4. The van der Waals surface area contributed by atoms with E-state index in [1.54, 1.807) is 23.1 Å². The molecule has 4 aromatic heterocycles. The molecule has 0 fully saturated rings. The Balaban J connectivity index is 1.73. The van der Waals surface area contributed by atoms with Gasteiger partial charge >= 0.3 is 0 Å². The molecule has 7 heteroatoms. The quantitative estimate of drug-likeness (QED) is 0.577. The SMILES string of the molecule is C(=Cc1nn2c(-c3ccco3)nnc2s1)c1ccco1. The lowest BCUT2D eigenvalue weighted by Gasteiger charge is -1.89. The van der Waals surface area contributed by atoms with Crippen LogP contribution in [-0.4, -0.2) is 19.8 Å². The molecule has 20 heavy (non-hydrogen) atoms. The molecule has 0 aromatic carbocycles. The summed E-state index contributed by atoms with van der Waals surface area (Å²) in [5, 5.41) is 13.4. The monoisotopic (exact) mass is 284 g/mol. The maximum Gasteiger partial charge on any atom is 0.235 e. The Labute approximate surface area is 117 Å². The van der Waals surface area contributed by atoms with Crippen LogP contribution < -0.4 is 0 Å². The van der Waals surface area contributed by atoms with Crippen molar-refractivity contribution >= 4 is 28.4 Å². The molecule has 0 aliphatic rings. The van der Waals surface area contributed by atoms with Gasteiger partial charge in [-0.15, -0.1) is 10.2 Å². The predicted octanol–water partition coefficient (Wildman–Crippen LogP) is 3.21. The van der Waals surface area contributed by atoms with Crippen molar-refractivity contribution in [1.29, 1.82) is 0 Å². The highest BCUT2D eigenvalue weighted by molar-refractivity contribution is 7.17. The van der Waals surface area contributed by atoms with Gasteiger partial charge in [0.1, 0.15) is 10.8 Å². The average Bonchev–Trinajstić information content (AvgIpc) is 3.20. The number of furan rings is 2. The van der Waals surface area contributed by atoms with Gasteiger partial charge < -0.3 is 8.83 Å². The number of hydrogen-bond acceptors (Lipinski definition) is 6. The summed E-state index contributed by atoms with van der Waals surface area (Å²) >= 11 is 1.45. The fourth-order valence-corrected chi connectivity index (χ4v) is 2.54. The van der Waals surface area contributed by atoms with E-state index < -0.39 is 0 Å². The van der Waals surface area contributed by atoms with Crippen LogP contribution in [0.15, 0.2) is 45.6 Å². The highest BCUT2D eigenvalue weighted by atomic mass is 32.1. The van der Waals surface area contributed by atoms with Crippen LogP contribution in [0.25, 0.3) is 28.7 Å². The maximum atomic E-state index is 5.32. The van der Waals surface area contributed by atoms with E-state index in [1.807, 2.05) is 30.4 Å². The first-order valence-electron chi connectivity index (χ1n) is 5.88. The molecular weight excluding hydrogens is 276 g/mol. The molecule has 0 atom stereocenters. The average molecular weight is 284 g/mol. The molecule has 0 N–H and O–H groups in total. The molecule has 4 heterocycles. The standard InChI is InChI=1S/C13H8N4O2S/c1-3-9(18-7-1)5-6-11-16-17-12(10-4-2-8-19-10)14-15-13(17)20-11/h1-8H. The van der Waals surface area contributed by atoms with Crippen molar-refractivity contribution in [3.8, 4) is 11.6 Å². The number of hydrogen-bond donors (Lipinski definition) is 0. The zero-order valence-electron chi connectivity index (χ0n) is 10.1. The van der Waals surface area contributed by atoms with E-state index in [2.05, 4.69) is 15.3 Å². The molecular formula is C13H8N4O2S. The van der Waals surface area contributed by atoms with Crippen LogP contribution in [-0.2, 0) is 0 Å². The Morgan fingerprint density at radius 1 is 1.05 bits per heavy atom. The van der Waals surface area contributed by atoms with E-state index in [-0.39, 0.29) is 0 Å². The summed E-state index contributed by atoms with van der Waals surface area (Å²) < 4.78 is 12.2. The third-order valence-electron chi connectivity index (χ3n) is 2.68. The van der Waals surface area contributed by atoms with E-state index >= 15 is 0 Å². The molecule has 0 aliphatic heterocycles. The summed E-state index contributed by atoms with van der Waals surface area (Å²) in [5.41, 5.74) is 0. The van der Waals surface area contributed by atoms with Crippen molar-refractivity contribution in [2.45, 2.75) is 0 Å². The Hall–Kier alpha value is -2.67. The number of aromatic nitrogens is 4. The second-order valence-electron chi connectivity index (χ2n) is 3.98.